The molecule has 0 bridgehead atoms. The number of anilines is 3. The molecule has 1 aliphatic rings. The molecule has 1 saturated carbocycles. The molecule has 0 aliphatic heterocycles. The van der Waals surface area contributed by atoms with Crippen LogP contribution in [-0.2, 0) is 0 Å². The highest BCUT2D eigenvalue weighted by Crippen LogP contribution is 2.23. The molecular weight excluding hydrogens is 420 g/mol. The number of halogens is 1. The molecule has 2 amide bonds. The molecule has 150 valence electrons. The van der Waals surface area contributed by atoms with Crippen molar-refractivity contribution in [3.8, 4) is 0 Å². The molecule has 0 radical (unpaired) electrons. The van der Waals surface area contributed by atoms with Crippen molar-refractivity contribution in [2.75, 3.05) is 29.6 Å². The molecule has 0 atom stereocenters. The van der Waals surface area contributed by atoms with E-state index < -0.39 is 0 Å². The van der Waals surface area contributed by atoms with Gasteiger partial charge in [0.15, 0.2) is 0 Å². The summed E-state index contributed by atoms with van der Waals surface area (Å²) in [6, 6.07) is 8.06. The topological polar surface area (TPSA) is 82.2 Å². The minimum Gasteiger partial charge on any atom is -0.363 e. The van der Waals surface area contributed by atoms with E-state index >= 15 is 0 Å². The number of urea groups is 1. The zero-order chi connectivity index (χ0) is 20.1. The molecule has 3 N–H and O–H groups in total. The number of amides is 2. The maximum Gasteiger partial charge on any atom is 0.319 e. The normalized spacial score (nSPS) is 19.0. The second-order valence-electron chi connectivity index (χ2n) is 7.38. The number of carbonyl (C=O) groups excluding carboxylic acids is 1. The van der Waals surface area contributed by atoms with Gasteiger partial charge in [-0.1, -0.05) is 15.9 Å². The van der Waals surface area contributed by atoms with E-state index in [0.29, 0.717) is 12.0 Å². The minimum atomic E-state index is -0.149. The first-order valence-corrected chi connectivity index (χ1v) is 10.3. The van der Waals surface area contributed by atoms with Gasteiger partial charge in [0, 0.05) is 42.5 Å². The summed E-state index contributed by atoms with van der Waals surface area (Å²) in [7, 11) is 3.92. The van der Waals surface area contributed by atoms with Crippen LogP contribution >= 0.6 is 15.9 Å². The van der Waals surface area contributed by atoms with Gasteiger partial charge < -0.3 is 20.9 Å². The van der Waals surface area contributed by atoms with Gasteiger partial charge in [0.05, 0.1) is 0 Å². The number of benzene rings is 1. The number of carbonyl (C=O) groups is 1. The second kappa shape index (κ2) is 9.23. The number of nitrogens with one attached hydrogen (secondary N) is 3. The van der Waals surface area contributed by atoms with E-state index in [1.165, 1.54) is 0 Å². The smallest absolute Gasteiger partial charge is 0.319 e. The van der Waals surface area contributed by atoms with Gasteiger partial charge >= 0.3 is 6.03 Å². The fraction of sp³-hybridized carbons (Fsp3) is 0.450. The van der Waals surface area contributed by atoms with Crippen LogP contribution < -0.4 is 20.9 Å². The largest absolute Gasteiger partial charge is 0.363 e. The Kier molecular flexibility index (Phi) is 6.72. The molecule has 0 unspecified atom stereocenters. The number of hydrogen-bond acceptors (Lipinski definition) is 5. The van der Waals surface area contributed by atoms with Gasteiger partial charge in [-0.05, 0) is 62.4 Å². The van der Waals surface area contributed by atoms with Crippen molar-refractivity contribution in [3.63, 3.8) is 0 Å². The van der Waals surface area contributed by atoms with E-state index in [1.54, 1.807) is 6.20 Å². The maximum atomic E-state index is 12.3. The highest BCUT2D eigenvalue weighted by Gasteiger charge is 2.23. The predicted octanol–water partition coefficient (Wildman–Crippen LogP) is 4.16. The Balaban J connectivity index is 1.46. The van der Waals surface area contributed by atoms with Crippen LogP contribution in [0.3, 0.4) is 0 Å². The Bertz CT molecular complexity index is 820. The molecule has 0 saturated heterocycles. The lowest BCUT2D eigenvalue weighted by Gasteiger charge is -2.29. The van der Waals surface area contributed by atoms with Crippen molar-refractivity contribution < 1.29 is 4.79 Å². The minimum absolute atomic E-state index is 0.149. The van der Waals surface area contributed by atoms with Gasteiger partial charge in [0.1, 0.15) is 5.82 Å². The monoisotopic (exact) mass is 446 g/mol. The Morgan fingerprint density at radius 3 is 2.54 bits per heavy atom. The molecule has 1 aromatic heterocycles. The molecule has 7 nitrogen and oxygen atoms in total. The third-order valence-corrected chi connectivity index (χ3v) is 5.42. The molecule has 1 fully saturated rings. The molecule has 0 spiro atoms. The van der Waals surface area contributed by atoms with Crippen LogP contribution in [0.5, 0.6) is 0 Å². The van der Waals surface area contributed by atoms with Gasteiger partial charge in [0.2, 0.25) is 5.95 Å². The van der Waals surface area contributed by atoms with Crippen molar-refractivity contribution in [2.45, 2.75) is 44.7 Å². The number of rotatable bonds is 5. The summed E-state index contributed by atoms with van der Waals surface area (Å²) in [6.07, 6.45) is 5.57. The van der Waals surface area contributed by atoms with Crippen LogP contribution in [0.1, 0.15) is 31.2 Å². The molecule has 1 aliphatic carbocycles. The lowest BCUT2D eigenvalue weighted by molar-refractivity contribution is 0.243. The maximum absolute atomic E-state index is 12.3. The molecule has 8 heteroatoms. The Morgan fingerprint density at radius 1 is 1.14 bits per heavy atom. The molecule has 28 heavy (non-hydrogen) atoms. The fourth-order valence-electron chi connectivity index (χ4n) is 3.34. The van der Waals surface area contributed by atoms with Crippen LogP contribution in [-0.4, -0.2) is 42.2 Å². The van der Waals surface area contributed by atoms with Crippen molar-refractivity contribution in [1.82, 2.24) is 15.3 Å². The van der Waals surface area contributed by atoms with Crippen molar-refractivity contribution in [1.29, 1.82) is 0 Å². The van der Waals surface area contributed by atoms with E-state index in [9.17, 15) is 4.79 Å². The molecule has 2 aromatic rings. The average Bonchev–Trinajstić information content (AvgIpc) is 2.66. The van der Waals surface area contributed by atoms with Gasteiger partial charge in [-0.25, -0.2) is 9.78 Å². The zero-order valence-electron chi connectivity index (χ0n) is 16.5. The van der Waals surface area contributed by atoms with E-state index in [4.69, 9.17) is 0 Å². The summed E-state index contributed by atoms with van der Waals surface area (Å²) in [6.45, 7) is 1.98. The molecule has 3 rings (SSSR count). The van der Waals surface area contributed by atoms with E-state index in [2.05, 4.69) is 41.8 Å². The highest BCUT2D eigenvalue weighted by atomic mass is 79.9. The first kappa shape index (κ1) is 20.4. The van der Waals surface area contributed by atoms with Gasteiger partial charge in [-0.3, -0.25) is 0 Å². The Hall–Kier alpha value is -2.35. The molecule has 1 heterocycles. The highest BCUT2D eigenvalue weighted by molar-refractivity contribution is 9.10. The van der Waals surface area contributed by atoms with Crippen LogP contribution in [0.4, 0.5) is 22.2 Å². The van der Waals surface area contributed by atoms with Crippen LogP contribution in [0.15, 0.2) is 34.9 Å². The predicted molar refractivity (Wildman–Crippen MR) is 117 cm³/mol. The van der Waals surface area contributed by atoms with Crippen molar-refractivity contribution in [2.24, 2.45) is 0 Å². The van der Waals surface area contributed by atoms with Gasteiger partial charge in [-0.15, -0.1) is 0 Å². The average molecular weight is 447 g/mol. The van der Waals surface area contributed by atoms with Gasteiger partial charge in [-0.2, -0.15) is 4.98 Å². The standard InChI is InChI=1S/C20H27BrN6O/c1-13-12-14(21)4-9-17(13)25-20(28)24-16-7-5-15(6-8-16)23-19-22-11-10-18(26-19)27(2)3/h4,9-12,15-16H,5-8H2,1-3H3,(H,22,23,26)(H2,24,25,28)/t15-,16+. The van der Waals surface area contributed by atoms with Crippen molar-refractivity contribution in [3.05, 3.63) is 40.5 Å². The summed E-state index contributed by atoms with van der Waals surface area (Å²) in [4.78, 5) is 23.1. The summed E-state index contributed by atoms with van der Waals surface area (Å²) >= 11 is 3.44. The molecule has 1 aromatic carbocycles. The van der Waals surface area contributed by atoms with Crippen LogP contribution in [0, 0.1) is 6.92 Å². The van der Waals surface area contributed by atoms with E-state index in [-0.39, 0.29) is 12.1 Å². The van der Waals surface area contributed by atoms with Crippen LogP contribution in [0.25, 0.3) is 0 Å². The number of nitrogens with zero attached hydrogens (tertiary/aromatic N) is 3. The fourth-order valence-corrected chi connectivity index (χ4v) is 3.82. The summed E-state index contributed by atoms with van der Waals surface area (Å²) in [5.74, 6) is 1.54. The van der Waals surface area contributed by atoms with Crippen LogP contribution in [0.2, 0.25) is 0 Å². The summed E-state index contributed by atoms with van der Waals surface area (Å²) in [5, 5.41) is 9.45. The second-order valence-corrected chi connectivity index (χ2v) is 8.30. The lowest BCUT2D eigenvalue weighted by Crippen LogP contribution is -2.42. The number of aryl methyl sites for hydroxylation is 1. The molecular formula is C20H27BrN6O. The Labute approximate surface area is 174 Å². The number of aromatic nitrogens is 2. The first-order chi connectivity index (χ1) is 13.4. The quantitative estimate of drug-likeness (QED) is 0.642. The summed E-state index contributed by atoms with van der Waals surface area (Å²) < 4.78 is 1.00. The first-order valence-electron chi connectivity index (χ1n) is 9.51. The van der Waals surface area contributed by atoms with Gasteiger partial charge in [0.25, 0.3) is 0 Å². The lowest BCUT2D eigenvalue weighted by atomic mass is 9.91. The zero-order valence-corrected chi connectivity index (χ0v) is 18.1. The van der Waals surface area contributed by atoms with E-state index in [0.717, 1.165) is 47.2 Å². The third-order valence-electron chi connectivity index (χ3n) is 4.93. The summed E-state index contributed by atoms with van der Waals surface area (Å²) in [5.41, 5.74) is 1.85. The Morgan fingerprint density at radius 2 is 1.86 bits per heavy atom. The van der Waals surface area contributed by atoms with Crippen molar-refractivity contribution >= 4 is 39.4 Å². The van der Waals surface area contributed by atoms with E-state index in [1.807, 2.05) is 50.2 Å². The SMILES string of the molecule is Cc1cc(Br)ccc1NC(=O)N[C@H]1CC[C@@H](Nc2nccc(N(C)C)n2)CC1. The third kappa shape index (κ3) is 5.58. The number of hydrogen-bond donors (Lipinski definition) is 3.